The first-order chi connectivity index (χ1) is 11.8. The maximum absolute atomic E-state index is 12.3. The van der Waals surface area contributed by atoms with Gasteiger partial charge < -0.3 is 20.1 Å². The first-order valence-corrected chi connectivity index (χ1v) is 9.02. The van der Waals surface area contributed by atoms with E-state index in [1.165, 1.54) is 17.8 Å². The van der Waals surface area contributed by atoms with Crippen molar-refractivity contribution in [3.63, 3.8) is 0 Å². The van der Waals surface area contributed by atoms with Gasteiger partial charge in [0.1, 0.15) is 10.7 Å². The van der Waals surface area contributed by atoms with Crippen LogP contribution in [0.15, 0.2) is 23.6 Å². The molecule has 7 heteroatoms. The van der Waals surface area contributed by atoms with Crippen molar-refractivity contribution in [2.75, 3.05) is 26.4 Å². The summed E-state index contributed by atoms with van der Waals surface area (Å²) in [6.07, 6.45) is 2.33. The van der Waals surface area contributed by atoms with Gasteiger partial charge in [-0.05, 0) is 50.0 Å². The van der Waals surface area contributed by atoms with Gasteiger partial charge in [0.15, 0.2) is 11.5 Å². The number of carbonyl (C=O) groups is 1. The number of piperidine rings is 1. The minimum atomic E-state index is -0.108. The van der Waals surface area contributed by atoms with Crippen molar-refractivity contribution in [1.29, 1.82) is 0 Å². The lowest BCUT2D eigenvalue weighted by molar-refractivity contribution is 0.0940. The van der Waals surface area contributed by atoms with Gasteiger partial charge in [0, 0.05) is 17.5 Å². The van der Waals surface area contributed by atoms with Crippen LogP contribution in [-0.2, 0) is 0 Å². The first kappa shape index (κ1) is 15.4. The number of ether oxygens (including phenoxy) is 2. The van der Waals surface area contributed by atoms with Crippen molar-refractivity contribution in [2.24, 2.45) is 5.92 Å². The maximum Gasteiger partial charge on any atom is 0.270 e. The Bertz CT molecular complexity index is 740. The number of nitrogens with one attached hydrogen (secondary N) is 2. The summed E-state index contributed by atoms with van der Waals surface area (Å²) in [5.74, 6) is 1.87. The molecule has 1 atom stereocenters. The second-order valence-electron chi connectivity index (χ2n) is 6.03. The fraction of sp³-hybridized carbons (Fsp3) is 0.412. The summed E-state index contributed by atoms with van der Waals surface area (Å²) in [6.45, 7) is 3.00. The third-order valence-electron chi connectivity index (χ3n) is 4.31. The van der Waals surface area contributed by atoms with E-state index in [-0.39, 0.29) is 12.7 Å². The molecule has 0 radical (unpaired) electrons. The Morgan fingerprint density at radius 1 is 1.38 bits per heavy atom. The normalized spacial score (nSPS) is 19.2. The average molecular weight is 345 g/mol. The molecule has 1 saturated heterocycles. The Hall–Kier alpha value is -2.12. The molecule has 2 aliphatic heterocycles. The third kappa shape index (κ3) is 3.22. The van der Waals surface area contributed by atoms with E-state index in [4.69, 9.17) is 9.47 Å². The van der Waals surface area contributed by atoms with Gasteiger partial charge in [-0.1, -0.05) is 0 Å². The van der Waals surface area contributed by atoms with Gasteiger partial charge in [0.2, 0.25) is 6.79 Å². The predicted octanol–water partition coefficient (Wildman–Crippen LogP) is 2.27. The third-order valence-corrected chi connectivity index (χ3v) is 5.20. The molecule has 1 amide bonds. The highest BCUT2D eigenvalue weighted by Gasteiger charge is 2.18. The quantitative estimate of drug-likeness (QED) is 0.889. The maximum atomic E-state index is 12.3. The lowest BCUT2D eigenvalue weighted by atomic mass is 10.00. The Morgan fingerprint density at radius 3 is 3.17 bits per heavy atom. The highest BCUT2D eigenvalue weighted by Crippen LogP contribution is 2.36. The summed E-state index contributed by atoms with van der Waals surface area (Å²) >= 11 is 1.46. The number of fused-ring (bicyclic) bond motifs is 1. The SMILES string of the molecule is O=C(NCC1CCCNC1)c1csc(-c2ccc3c(c2)OCO3)n1. The number of thiazole rings is 1. The van der Waals surface area contributed by atoms with Crippen LogP contribution in [0.1, 0.15) is 23.3 Å². The fourth-order valence-electron chi connectivity index (χ4n) is 2.97. The zero-order chi connectivity index (χ0) is 16.4. The lowest BCUT2D eigenvalue weighted by Gasteiger charge is -2.22. The van der Waals surface area contributed by atoms with Crippen molar-refractivity contribution in [2.45, 2.75) is 12.8 Å². The van der Waals surface area contributed by atoms with E-state index in [9.17, 15) is 4.79 Å². The summed E-state index contributed by atoms with van der Waals surface area (Å²) < 4.78 is 10.7. The van der Waals surface area contributed by atoms with Crippen LogP contribution in [0, 0.1) is 5.92 Å². The largest absolute Gasteiger partial charge is 0.454 e. The van der Waals surface area contributed by atoms with E-state index >= 15 is 0 Å². The average Bonchev–Trinajstić information content (AvgIpc) is 3.29. The zero-order valence-electron chi connectivity index (χ0n) is 13.2. The summed E-state index contributed by atoms with van der Waals surface area (Å²) in [5, 5.41) is 8.96. The number of hydrogen-bond donors (Lipinski definition) is 2. The first-order valence-electron chi connectivity index (χ1n) is 8.14. The van der Waals surface area contributed by atoms with Gasteiger partial charge in [-0.2, -0.15) is 0 Å². The molecule has 24 heavy (non-hydrogen) atoms. The van der Waals surface area contributed by atoms with Gasteiger partial charge in [-0.15, -0.1) is 11.3 Å². The Kier molecular flexibility index (Phi) is 4.36. The van der Waals surface area contributed by atoms with Crippen molar-refractivity contribution < 1.29 is 14.3 Å². The van der Waals surface area contributed by atoms with Gasteiger partial charge in [-0.25, -0.2) is 4.98 Å². The molecule has 3 heterocycles. The second kappa shape index (κ2) is 6.78. The summed E-state index contributed by atoms with van der Waals surface area (Å²) in [7, 11) is 0. The van der Waals surface area contributed by atoms with Crippen LogP contribution < -0.4 is 20.1 Å². The van der Waals surface area contributed by atoms with Gasteiger partial charge in [0.05, 0.1) is 0 Å². The van der Waals surface area contributed by atoms with Crippen molar-refractivity contribution in [3.05, 3.63) is 29.3 Å². The molecule has 0 saturated carbocycles. The van der Waals surface area contributed by atoms with Crippen LogP contribution in [0.5, 0.6) is 11.5 Å². The molecule has 6 nitrogen and oxygen atoms in total. The van der Waals surface area contributed by atoms with Crippen LogP contribution >= 0.6 is 11.3 Å². The smallest absolute Gasteiger partial charge is 0.270 e. The van der Waals surface area contributed by atoms with E-state index < -0.39 is 0 Å². The van der Waals surface area contributed by atoms with Gasteiger partial charge >= 0.3 is 0 Å². The Labute approximate surface area is 144 Å². The minimum absolute atomic E-state index is 0.108. The molecule has 2 N–H and O–H groups in total. The van der Waals surface area contributed by atoms with E-state index in [1.54, 1.807) is 5.38 Å². The number of benzene rings is 1. The summed E-state index contributed by atoms with van der Waals surface area (Å²) in [4.78, 5) is 16.8. The van der Waals surface area contributed by atoms with Crippen LogP contribution in [0.25, 0.3) is 10.6 Å². The standard InChI is InChI=1S/C17H19N3O3S/c21-16(19-8-11-2-1-5-18-7-11)13-9-24-17(20-13)12-3-4-14-15(6-12)23-10-22-14/h3-4,6,9,11,18H,1-2,5,7-8,10H2,(H,19,21). The monoisotopic (exact) mass is 345 g/mol. The molecule has 1 fully saturated rings. The molecule has 1 unspecified atom stereocenters. The molecule has 2 aromatic rings. The minimum Gasteiger partial charge on any atom is -0.454 e. The van der Waals surface area contributed by atoms with Gasteiger partial charge in [-0.3, -0.25) is 4.79 Å². The highest BCUT2D eigenvalue weighted by atomic mass is 32.1. The van der Waals surface area contributed by atoms with Crippen LogP contribution in [0.3, 0.4) is 0 Å². The summed E-state index contributed by atoms with van der Waals surface area (Å²) in [5.41, 5.74) is 1.40. The number of rotatable bonds is 4. The zero-order valence-corrected chi connectivity index (χ0v) is 14.0. The molecule has 4 rings (SSSR count). The summed E-state index contributed by atoms with van der Waals surface area (Å²) in [6, 6.07) is 5.70. The lowest BCUT2D eigenvalue weighted by Crippen LogP contribution is -2.38. The second-order valence-corrected chi connectivity index (χ2v) is 6.89. The van der Waals surface area contributed by atoms with E-state index in [1.807, 2.05) is 18.2 Å². The fourth-order valence-corrected chi connectivity index (χ4v) is 3.76. The number of nitrogens with zero attached hydrogens (tertiary/aromatic N) is 1. The molecule has 2 aliphatic rings. The molecule has 0 spiro atoms. The van der Waals surface area contributed by atoms with Crippen LogP contribution in [0.4, 0.5) is 0 Å². The molecular weight excluding hydrogens is 326 g/mol. The highest BCUT2D eigenvalue weighted by molar-refractivity contribution is 7.13. The van der Waals surface area contributed by atoms with E-state index in [0.29, 0.717) is 18.2 Å². The number of carbonyl (C=O) groups excluding carboxylic acids is 1. The van der Waals surface area contributed by atoms with Crippen LogP contribution in [0.2, 0.25) is 0 Å². The van der Waals surface area contributed by atoms with E-state index in [2.05, 4.69) is 15.6 Å². The predicted molar refractivity (Wildman–Crippen MR) is 91.6 cm³/mol. The van der Waals surface area contributed by atoms with E-state index in [0.717, 1.165) is 41.6 Å². The van der Waals surface area contributed by atoms with Crippen molar-refractivity contribution >= 4 is 17.2 Å². The van der Waals surface area contributed by atoms with Gasteiger partial charge in [0.25, 0.3) is 5.91 Å². The molecular formula is C17H19N3O3S. The van der Waals surface area contributed by atoms with Crippen molar-refractivity contribution in [1.82, 2.24) is 15.6 Å². The topological polar surface area (TPSA) is 72.5 Å². The molecule has 126 valence electrons. The number of aromatic nitrogens is 1. The number of hydrogen-bond acceptors (Lipinski definition) is 6. The Morgan fingerprint density at radius 2 is 2.29 bits per heavy atom. The molecule has 1 aromatic heterocycles. The molecule has 0 aliphatic carbocycles. The molecule has 1 aromatic carbocycles. The molecule has 0 bridgehead atoms. The van der Waals surface area contributed by atoms with Crippen molar-refractivity contribution in [3.8, 4) is 22.1 Å². The van der Waals surface area contributed by atoms with Crippen LogP contribution in [-0.4, -0.2) is 37.3 Å². The number of amides is 1. The Balaban J connectivity index is 1.41.